The summed E-state index contributed by atoms with van der Waals surface area (Å²) in [5.74, 6) is -0.378. The third kappa shape index (κ3) is 5.28. The van der Waals surface area contributed by atoms with Crippen molar-refractivity contribution in [1.82, 2.24) is 4.98 Å². The number of esters is 1. The summed E-state index contributed by atoms with van der Waals surface area (Å²) >= 11 is 2.93. The molecule has 112 valence electrons. The van der Waals surface area contributed by atoms with Crippen LogP contribution >= 0.6 is 22.7 Å². The molecule has 1 N–H and O–H groups in total. The molecule has 2 aromatic rings. The second-order valence-electron chi connectivity index (χ2n) is 4.31. The maximum absolute atomic E-state index is 11.8. The Kier molecular flexibility index (Phi) is 5.89. The Bertz CT molecular complexity index is 593. The largest absolute Gasteiger partial charge is 0.466 e. The molecule has 0 aliphatic carbocycles. The van der Waals surface area contributed by atoms with Gasteiger partial charge in [0, 0.05) is 11.8 Å². The number of ether oxygens (including phenoxy) is 1. The van der Waals surface area contributed by atoms with E-state index in [9.17, 15) is 9.59 Å². The number of hydrogen-bond acceptors (Lipinski definition) is 6. The quantitative estimate of drug-likeness (QED) is 0.795. The Hall–Kier alpha value is -1.73. The smallest absolute Gasteiger partial charge is 0.311 e. The molecule has 2 aromatic heterocycles. The fraction of sp³-hybridized carbons (Fsp3) is 0.357. The predicted molar refractivity (Wildman–Crippen MR) is 83.7 cm³/mol. The molecule has 0 saturated heterocycles. The number of hydrogen-bond donors (Lipinski definition) is 1. The second-order valence-corrected chi connectivity index (χ2v) is 5.94. The van der Waals surface area contributed by atoms with Gasteiger partial charge in [0.15, 0.2) is 5.13 Å². The van der Waals surface area contributed by atoms with E-state index in [0.29, 0.717) is 23.9 Å². The average Bonchev–Trinajstić information content (AvgIpc) is 3.08. The zero-order chi connectivity index (χ0) is 15.1. The van der Waals surface area contributed by atoms with E-state index in [1.807, 2.05) is 16.8 Å². The van der Waals surface area contributed by atoms with Crippen LogP contribution in [-0.4, -0.2) is 23.5 Å². The second kappa shape index (κ2) is 7.90. The topological polar surface area (TPSA) is 68.3 Å². The number of nitrogens with one attached hydrogen (secondary N) is 1. The van der Waals surface area contributed by atoms with E-state index in [1.165, 1.54) is 11.3 Å². The molecule has 2 rings (SSSR count). The summed E-state index contributed by atoms with van der Waals surface area (Å²) in [6.45, 7) is 2.12. The number of aromatic nitrogens is 1. The molecule has 0 radical (unpaired) electrons. The lowest BCUT2D eigenvalue weighted by Crippen LogP contribution is -2.12. The molecule has 0 aliphatic heterocycles. The highest BCUT2D eigenvalue weighted by atomic mass is 32.1. The zero-order valence-corrected chi connectivity index (χ0v) is 13.3. The van der Waals surface area contributed by atoms with Crippen molar-refractivity contribution in [2.45, 2.75) is 26.2 Å². The number of nitrogens with zero attached hydrogens (tertiary/aromatic N) is 1. The van der Waals surface area contributed by atoms with Gasteiger partial charge in [-0.15, -0.1) is 11.3 Å². The maximum Gasteiger partial charge on any atom is 0.311 e. The zero-order valence-electron chi connectivity index (χ0n) is 11.6. The molecule has 1 amide bonds. The van der Waals surface area contributed by atoms with Gasteiger partial charge in [0.25, 0.3) is 0 Å². The first-order valence-corrected chi connectivity index (χ1v) is 8.40. The van der Waals surface area contributed by atoms with Crippen LogP contribution < -0.4 is 5.32 Å². The molecule has 0 atom stereocenters. The van der Waals surface area contributed by atoms with Crippen molar-refractivity contribution in [3.8, 4) is 0 Å². The summed E-state index contributed by atoms with van der Waals surface area (Å²) < 4.78 is 4.86. The number of carbonyl (C=O) groups excluding carboxylic acids is 2. The Morgan fingerprint density at radius 1 is 1.38 bits per heavy atom. The molecular weight excluding hydrogens is 308 g/mol. The fourth-order valence-corrected chi connectivity index (χ4v) is 3.11. The van der Waals surface area contributed by atoms with Gasteiger partial charge in [-0.3, -0.25) is 9.59 Å². The molecule has 0 unspecified atom stereocenters. The van der Waals surface area contributed by atoms with Gasteiger partial charge >= 0.3 is 5.97 Å². The molecule has 21 heavy (non-hydrogen) atoms. The van der Waals surface area contributed by atoms with Crippen molar-refractivity contribution in [1.29, 1.82) is 0 Å². The maximum atomic E-state index is 11.8. The SMILES string of the molecule is CCOC(=O)Cc1csc(NC(=O)CCc2ccsc2)n1. The van der Waals surface area contributed by atoms with Gasteiger partial charge in [-0.25, -0.2) is 4.98 Å². The van der Waals surface area contributed by atoms with Crippen LogP contribution in [0.15, 0.2) is 22.2 Å². The number of anilines is 1. The van der Waals surface area contributed by atoms with Crippen LogP contribution in [0.1, 0.15) is 24.6 Å². The van der Waals surface area contributed by atoms with E-state index in [-0.39, 0.29) is 18.3 Å². The summed E-state index contributed by atoms with van der Waals surface area (Å²) in [6, 6.07) is 2.01. The molecule has 0 saturated carbocycles. The minimum atomic E-state index is -0.307. The normalized spacial score (nSPS) is 10.3. The van der Waals surface area contributed by atoms with Crippen LogP contribution in [0.3, 0.4) is 0 Å². The standard InChI is InChI=1S/C14H16N2O3S2/c1-2-19-13(18)7-11-9-21-14(15-11)16-12(17)4-3-10-5-6-20-8-10/h5-6,8-9H,2-4,7H2,1H3,(H,15,16,17). The molecule has 7 heteroatoms. The highest BCUT2D eigenvalue weighted by Crippen LogP contribution is 2.17. The van der Waals surface area contributed by atoms with Gasteiger partial charge in [0.2, 0.25) is 5.91 Å². The summed E-state index contributed by atoms with van der Waals surface area (Å²) in [6.07, 6.45) is 1.27. The van der Waals surface area contributed by atoms with Crippen molar-refractivity contribution < 1.29 is 14.3 Å². The lowest BCUT2D eigenvalue weighted by molar-refractivity contribution is -0.142. The summed E-state index contributed by atoms with van der Waals surface area (Å²) in [4.78, 5) is 27.3. The van der Waals surface area contributed by atoms with Crippen molar-refractivity contribution in [2.24, 2.45) is 0 Å². The number of aryl methyl sites for hydroxylation is 1. The first kappa shape index (κ1) is 15.7. The molecular formula is C14H16N2O3S2. The van der Waals surface area contributed by atoms with Gasteiger partial charge in [0.1, 0.15) is 0 Å². The molecule has 0 aromatic carbocycles. The first-order chi connectivity index (χ1) is 10.2. The number of amides is 1. The van der Waals surface area contributed by atoms with Gasteiger partial charge in [-0.1, -0.05) is 0 Å². The number of thiophene rings is 1. The van der Waals surface area contributed by atoms with Crippen molar-refractivity contribution in [2.75, 3.05) is 11.9 Å². The van der Waals surface area contributed by atoms with E-state index in [1.54, 1.807) is 23.6 Å². The van der Waals surface area contributed by atoms with Crippen molar-refractivity contribution >= 4 is 39.7 Å². The summed E-state index contributed by atoms with van der Waals surface area (Å²) in [7, 11) is 0. The van der Waals surface area contributed by atoms with E-state index in [4.69, 9.17) is 4.74 Å². The van der Waals surface area contributed by atoms with Crippen LogP contribution in [0.5, 0.6) is 0 Å². The average molecular weight is 324 g/mol. The highest BCUT2D eigenvalue weighted by molar-refractivity contribution is 7.14. The van der Waals surface area contributed by atoms with Crippen LogP contribution in [0, 0.1) is 0 Å². The third-order valence-corrected chi connectivity index (χ3v) is 4.19. The Morgan fingerprint density at radius 2 is 2.24 bits per heavy atom. The molecule has 0 spiro atoms. The van der Waals surface area contributed by atoms with Crippen LogP contribution in [0.2, 0.25) is 0 Å². The number of thiazole rings is 1. The van der Waals surface area contributed by atoms with Crippen molar-refractivity contribution in [3.63, 3.8) is 0 Å². The number of rotatable bonds is 7. The van der Waals surface area contributed by atoms with Gasteiger partial charge in [-0.2, -0.15) is 11.3 Å². The van der Waals surface area contributed by atoms with E-state index >= 15 is 0 Å². The summed E-state index contributed by atoms with van der Waals surface area (Å²) in [5.41, 5.74) is 1.78. The number of carbonyl (C=O) groups is 2. The van der Waals surface area contributed by atoms with Crippen molar-refractivity contribution in [3.05, 3.63) is 33.5 Å². The van der Waals surface area contributed by atoms with E-state index in [0.717, 1.165) is 12.0 Å². The lowest BCUT2D eigenvalue weighted by Gasteiger charge is -2.01. The van der Waals surface area contributed by atoms with Crippen LogP contribution in [0.25, 0.3) is 0 Å². The monoisotopic (exact) mass is 324 g/mol. The molecule has 0 bridgehead atoms. The Labute approximate surface area is 131 Å². The minimum Gasteiger partial charge on any atom is -0.466 e. The molecule has 0 aliphatic rings. The summed E-state index contributed by atoms with van der Waals surface area (Å²) in [5, 5.41) is 9.05. The van der Waals surface area contributed by atoms with Gasteiger partial charge in [-0.05, 0) is 35.7 Å². The van der Waals surface area contributed by atoms with E-state index in [2.05, 4.69) is 10.3 Å². The molecule has 0 fully saturated rings. The van der Waals surface area contributed by atoms with Crippen LogP contribution in [0.4, 0.5) is 5.13 Å². The fourth-order valence-electron chi connectivity index (χ4n) is 1.68. The first-order valence-electron chi connectivity index (χ1n) is 6.58. The minimum absolute atomic E-state index is 0.0711. The predicted octanol–water partition coefficient (Wildman–Crippen LogP) is 2.88. The Morgan fingerprint density at radius 3 is 2.95 bits per heavy atom. The van der Waals surface area contributed by atoms with Crippen LogP contribution in [-0.2, 0) is 27.2 Å². The highest BCUT2D eigenvalue weighted by Gasteiger charge is 2.10. The van der Waals surface area contributed by atoms with Gasteiger partial charge in [0.05, 0.1) is 18.7 Å². The van der Waals surface area contributed by atoms with E-state index < -0.39 is 0 Å². The third-order valence-electron chi connectivity index (χ3n) is 2.65. The molecule has 2 heterocycles. The molecule has 5 nitrogen and oxygen atoms in total. The van der Waals surface area contributed by atoms with Gasteiger partial charge < -0.3 is 10.1 Å². The Balaban J connectivity index is 1.78. The lowest BCUT2D eigenvalue weighted by atomic mass is 10.2.